The van der Waals surface area contributed by atoms with E-state index in [0.717, 1.165) is 30.6 Å². The molecule has 3 rings (SSSR count). The fourth-order valence-electron chi connectivity index (χ4n) is 2.89. The van der Waals surface area contributed by atoms with Crippen molar-refractivity contribution in [1.82, 2.24) is 10.2 Å². The van der Waals surface area contributed by atoms with E-state index in [1.165, 1.54) is 30.3 Å². The van der Waals surface area contributed by atoms with Gasteiger partial charge in [-0.3, -0.25) is 19.8 Å². The molecule has 1 aliphatic carbocycles. The van der Waals surface area contributed by atoms with Crippen molar-refractivity contribution < 1.29 is 18.8 Å². The van der Waals surface area contributed by atoms with E-state index in [4.69, 9.17) is 0 Å². The number of hydrogen-bond acceptors (Lipinski definition) is 3. The van der Waals surface area contributed by atoms with Crippen molar-refractivity contribution in [2.75, 3.05) is 0 Å². The van der Waals surface area contributed by atoms with E-state index in [2.05, 4.69) is 5.32 Å². The molecular weight excluding hydrogens is 287 g/mol. The van der Waals surface area contributed by atoms with Gasteiger partial charge in [-0.25, -0.2) is 9.18 Å². The molecule has 114 valence electrons. The Kier molecular flexibility index (Phi) is 3.75. The predicted octanol–water partition coefficient (Wildman–Crippen LogP) is 2.23. The van der Waals surface area contributed by atoms with Crippen LogP contribution < -0.4 is 5.32 Å². The lowest BCUT2D eigenvalue weighted by molar-refractivity contribution is -0.131. The highest BCUT2D eigenvalue weighted by Gasteiger charge is 2.40. The Morgan fingerprint density at radius 1 is 1.09 bits per heavy atom. The van der Waals surface area contributed by atoms with Gasteiger partial charge in [-0.1, -0.05) is 25.0 Å². The molecule has 1 saturated heterocycles. The Bertz CT molecular complexity index is 660. The van der Waals surface area contributed by atoms with Gasteiger partial charge in [-0.05, 0) is 36.6 Å². The van der Waals surface area contributed by atoms with E-state index >= 15 is 0 Å². The summed E-state index contributed by atoms with van der Waals surface area (Å²) in [6, 6.07) is 4.63. The van der Waals surface area contributed by atoms with E-state index in [-0.39, 0.29) is 11.6 Å². The summed E-state index contributed by atoms with van der Waals surface area (Å²) >= 11 is 0. The second-order valence-corrected chi connectivity index (χ2v) is 5.48. The van der Waals surface area contributed by atoms with Gasteiger partial charge in [0.05, 0.1) is 0 Å². The molecule has 1 N–H and O–H groups in total. The van der Waals surface area contributed by atoms with Crippen molar-refractivity contribution in [3.8, 4) is 0 Å². The first kappa shape index (κ1) is 14.4. The van der Waals surface area contributed by atoms with Gasteiger partial charge in [0.2, 0.25) is 0 Å². The van der Waals surface area contributed by atoms with Gasteiger partial charge in [0.25, 0.3) is 11.8 Å². The zero-order chi connectivity index (χ0) is 15.7. The molecular formula is C16H15FN2O3. The van der Waals surface area contributed by atoms with Crippen molar-refractivity contribution in [1.29, 1.82) is 0 Å². The first-order valence-corrected chi connectivity index (χ1v) is 7.22. The van der Waals surface area contributed by atoms with Crippen LogP contribution in [0.5, 0.6) is 0 Å². The van der Waals surface area contributed by atoms with Gasteiger partial charge in [0, 0.05) is 6.04 Å². The third-order valence-electron chi connectivity index (χ3n) is 4.00. The van der Waals surface area contributed by atoms with Crippen molar-refractivity contribution >= 4 is 23.9 Å². The fourth-order valence-corrected chi connectivity index (χ4v) is 2.89. The fraction of sp³-hybridized carbons (Fsp3) is 0.312. The van der Waals surface area contributed by atoms with Crippen molar-refractivity contribution in [2.24, 2.45) is 0 Å². The van der Waals surface area contributed by atoms with Crippen LogP contribution in [-0.4, -0.2) is 28.8 Å². The molecule has 1 heterocycles. The van der Waals surface area contributed by atoms with Gasteiger partial charge < -0.3 is 0 Å². The smallest absolute Gasteiger partial charge is 0.273 e. The van der Waals surface area contributed by atoms with Crippen molar-refractivity contribution in [3.63, 3.8) is 0 Å². The highest BCUT2D eigenvalue weighted by atomic mass is 19.1. The molecule has 1 aliphatic heterocycles. The monoisotopic (exact) mass is 302 g/mol. The lowest BCUT2D eigenvalue weighted by Crippen LogP contribution is -2.57. The van der Waals surface area contributed by atoms with Crippen LogP contribution in [0.2, 0.25) is 0 Å². The molecule has 1 saturated carbocycles. The zero-order valence-electron chi connectivity index (χ0n) is 11.8. The largest absolute Gasteiger partial charge is 0.331 e. The second kappa shape index (κ2) is 5.71. The van der Waals surface area contributed by atoms with Crippen molar-refractivity contribution in [3.05, 3.63) is 41.2 Å². The highest BCUT2D eigenvalue weighted by Crippen LogP contribution is 2.27. The maximum Gasteiger partial charge on any atom is 0.331 e. The number of urea groups is 1. The number of nitrogens with zero attached hydrogens (tertiary/aromatic N) is 1. The van der Waals surface area contributed by atoms with E-state index in [1.807, 2.05) is 0 Å². The number of carbonyl (C=O) groups is 3. The van der Waals surface area contributed by atoms with Crippen LogP contribution in [0.1, 0.15) is 31.2 Å². The number of barbiturate groups is 1. The first-order valence-electron chi connectivity index (χ1n) is 7.22. The number of hydrogen-bond donors (Lipinski definition) is 1. The molecule has 22 heavy (non-hydrogen) atoms. The first-order chi connectivity index (χ1) is 10.6. The summed E-state index contributed by atoms with van der Waals surface area (Å²) in [4.78, 5) is 37.5. The molecule has 0 bridgehead atoms. The SMILES string of the molecule is O=C1NC(=O)N(C2CCCC2)C(=O)/C1=C/c1ccc(F)cc1. The summed E-state index contributed by atoms with van der Waals surface area (Å²) in [5.74, 6) is -1.69. The summed E-state index contributed by atoms with van der Waals surface area (Å²) in [5.41, 5.74) is 0.429. The minimum atomic E-state index is -0.714. The molecule has 0 spiro atoms. The molecule has 6 heteroatoms. The topological polar surface area (TPSA) is 66.5 Å². The third kappa shape index (κ3) is 2.64. The number of imide groups is 2. The zero-order valence-corrected chi connectivity index (χ0v) is 11.8. The Morgan fingerprint density at radius 3 is 2.36 bits per heavy atom. The number of halogens is 1. The van der Waals surface area contributed by atoms with Crippen LogP contribution in [-0.2, 0) is 9.59 Å². The Morgan fingerprint density at radius 2 is 1.73 bits per heavy atom. The van der Waals surface area contributed by atoms with E-state index in [0.29, 0.717) is 5.56 Å². The maximum absolute atomic E-state index is 12.9. The lowest BCUT2D eigenvalue weighted by atomic mass is 10.1. The number of amides is 4. The van der Waals surface area contributed by atoms with Crippen LogP contribution >= 0.6 is 0 Å². The summed E-state index contributed by atoms with van der Waals surface area (Å²) < 4.78 is 12.9. The van der Waals surface area contributed by atoms with E-state index in [9.17, 15) is 18.8 Å². The molecule has 0 aromatic heterocycles. The maximum atomic E-state index is 12.9. The van der Waals surface area contributed by atoms with Crippen LogP contribution in [0, 0.1) is 5.82 Å². The van der Waals surface area contributed by atoms with Gasteiger partial charge in [0.1, 0.15) is 11.4 Å². The standard InChI is InChI=1S/C16H15FN2O3/c17-11-7-5-10(6-8-11)9-13-14(20)18-16(22)19(15(13)21)12-3-1-2-4-12/h5-9,12H,1-4H2,(H,18,20,22)/b13-9+. The predicted molar refractivity (Wildman–Crippen MR) is 77.0 cm³/mol. The minimum absolute atomic E-state index is 0.0990. The normalized spacial score (nSPS) is 21.6. The van der Waals surface area contributed by atoms with E-state index < -0.39 is 23.7 Å². The molecule has 0 atom stereocenters. The molecule has 2 aliphatic rings. The average Bonchev–Trinajstić information content (AvgIpc) is 2.99. The summed E-state index contributed by atoms with van der Waals surface area (Å²) in [7, 11) is 0. The van der Waals surface area contributed by atoms with Crippen LogP contribution in [0.3, 0.4) is 0 Å². The average molecular weight is 302 g/mol. The second-order valence-electron chi connectivity index (χ2n) is 5.48. The molecule has 5 nitrogen and oxygen atoms in total. The Labute approximate surface area is 126 Å². The Hall–Kier alpha value is -2.50. The number of benzene rings is 1. The molecule has 2 fully saturated rings. The highest BCUT2D eigenvalue weighted by molar-refractivity contribution is 6.31. The molecule has 4 amide bonds. The van der Waals surface area contributed by atoms with Gasteiger partial charge in [0.15, 0.2) is 0 Å². The third-order valence-corrected chi connectivity index (χ3v) is 4.00. The number of nitrogens with one attached hydrogen (secondary N) is 1. The molecule has 1 aromatic carbocycles. The quantitative estimate of drug-likeness (QED) is 0.673. The lowest BCUT2D eigenvalue weighted by Gasteiger charge is -2.31. The number of carbonyl (C=O) groups excluding carboxylic acids is 3. The van der Waals surface area contributed by atoms with Crippen LogP contribution in [0.4, 0.5) is 9.18 Å². The van der Waals surface area contributed by atoms with Gasteiger partial charge >= 0.3 is 6.03 Å². The van der Waals surface area contributed by atoms with Gasteiger partial charge in [-0.15, -0.1) is 0 Å². The van der Waals surface area contributed by atoms with Crippen LogP contribution in [0.25, 0.3) is 6.08 Å². The summed E-state index contributed by atoms with van der Waals surface area (Å²) in [6.07, 6.45) is 4.83. The van der Waals surface area contributed by atoms with Crippen LogP contribution in [0.15, 0.2) is 29.8 Å². The molecule has 0 radical (unpaired) electrons. The molecule has 1 aromatic rings. The van der Waals surface area contributed by atoms with Crippen molar-refractivity contribution in [2.45, 2.75) is 31.7 Å². The summed E-state index contributed by atoms with van der Waals surface area (Å²) in [5, 5.41) is 2.20. The molecule has 0 unspecified atom stereocenters. The summed E-state index contributed by atoms with van der Waals surface area (Å²) in [6.45, 7) is 0. The minimum Gasteiger partial charge on any atom is -0.273 e. The van der Waals surface area contributed by atoms with E-state index in [1.54, 1.807) is 0 Å². The Balaban J connectivity index is 1.92. The number of rotatable bonds is 2. The van der Waals surface area contributed by atoms with Gasteiger partial charge in [-0.2, -0.15) is 0 Å².